The summed E-state index contributed by atoms with van der Waals surface area (Å²) in [6.07, 6.45) is 2.68. The highest BCUT2D eigenvalue weighted by Crippen LogP contribution is 2.24. The summed E-state index contributed by atoms with van der Waals surface area (Å²) in [4.78, 5) is 5.50. The fourth-order valence-corrected chi connectivity index (χ4v) is 2.53. The van der Waals surface area contributed by atoms with Crippen molar-refractivity contribution in [1.29, 1.82) is 0 Å². The van der Waals surface area contributed by atoms with Gasteiger partial charge in [-0.2, -0.15) is 0 Å². The third-order valence-corrected chi connectivity index (χ3v) is 4.19. The minimum atomic E-state index is -0.312. The predicted octanol–water partition coefficient (Wildman–Crippen LogP) is 3.27. The van der Waals surface area contributed by atoms with Gasteiger partial charge in [0.25, 0.3) is 0 Å². The van der Waals surface area contributed by atoms with Gasteiger partial charge in [0.1, 0.15) is 5.75 Å². The Bertz CT molecular complexity index is 526. The van der Waals surface area contributed by atoms with E-state index in [-0.39, 0.29) is 5.54 Å². The number of aromatic nitrogens is 1. The number of nitrogens with zero attached hydrogens (tertiary/aromatic N) is 1. The van der Waals surface area contributed by atoms with Crippen LogP contribution in [0.25, 0.3) is 0 Å². The Balaban J connectivity index is 1.86. The van der Waals surface area contributed by atoms with Crippen LogP contribution in [-0.4, -0.2) is 11.6 Å². The molecule has 19 heavy (non-hydrogen) atoms. The molecule has 102 valence electrons. The van der Waals surface area contributed by atoms with Crippen molar-refractivity contribution in [3.63, 3.8) is 0 Å². The normalized spacial score (nSPS) is 11.6. The van der Waals surface area contributed by atoms with E-state index in [1.54, 1.807) is 11.3 Å². The largest absolute Gasteiger partial charge is 0.493 e. The lowest BCUT2D eigenvalue weighted by molar-refractivity contribution is 0.321. The molecule has 0 radical (unpaired) electrons. The summed E-state index contributed by atoms with van der Waals surface area (Å²) in [7, 11) is 0. The van der Waals surface area contributed by atoms with Crippen molar-refractivity contribution in [2.75, 3.05) is 6.61 Å². The fraction of sp³-hybridized carbons (Fsp3) is 0.400. The van der Waals surface area contributed by atoms with Gasteiger partial charge in [0.2, 0.25) is 0 Å². The molecule has 0 amide bonds. The molecule has 1 aromatic carbocycles. The summed E-state index contributed by atoms with van der Waals surface area (Å²) in [6.45, 7) is 6.69. The summed E-state index contributed by atoms with van der Waals surface area (Å²) in [6, 6.07) is 8.08. The van der Waals surface area contributed by atoms with E-state index in [0.717, 1.165) is 22.1 Å². The Morgan fingerprint density at radius 1 is 1.26 bits per heavy atom. The molecule has 0 aliphatic heterocycles. The number of ether oxygens (including phenoxy) is 1. The van der Waals surface area contributed by atoms with Crippen LogP contribution in [0.1, 0.15) is 29.3 Å². The molecule has 0 spiro atoms. The van der Waals surface area contributed by atoms with Gasteiger partial charge < -0.3 is 10.5 Å². The lowest BCUT2D eigenvalue weighted by Gasteiger charge is -2.14. The molecule has 2 aromatic rings. The molecular weight excluding hydrogens is 256 g/mol. The van der Waals surface area contributed by atoms with Crippen LogP contribution in [0.15, 0.2) is 30.5 Å². The summed E-state index contributed by atoms with van der Waals surface area (Å²) >= 11 is 1.66. The Hall–Kier alpha value is -1.39. The van der Waals surface area contributed by atoms with Crippen molar-refractivity contribution in [1.82, 2.24) is 4.98 Å². The molecule has 0 aliphatic rings. The van der Waals surface area contributed by atoms with Gasteiger partial charge in [0.05, 0.1) is 11.6 Å². The Morgan fingerprint density at radius 3 is 2.53 bits per heavy atom. The minimum Gasteiger partial charge on any atom is -0.493 e. The third kappa shape index (κ3) is 4.04. The molecule has 1 heterocycles. The van der Waals surface area contributed by atoms with E-state index >= 15 is 0 Å². The summed E-state index contributed by atoms with van der Waals surface area (Å²) in [5.41, 5.74) is 6.97. The first kappa shape index (κ1) is 14.0. The highest BCUT2D eigenvalue weighted by Gasteiger charge is 2.17. The smallest absolute Gasteiger partial charge is 0.119 e. The second-order valence-electron chi connectivity index (χ2n) is 5.25. The van der Waals surface area contributed by atoms with Gasteiger partial charge in [0, 0.05) is 23.0 Å². The Morgan fingerprint density at radius 2 is 1.95 bits per heavy atom. The topological polar surface area (TPSA) is 48.1 Å². The van der Waals surface area contributed by atoms with Crippen molar-refractivity contribution < 1.29 is 4.74 Å². The molecule has 0 bridgehead atoms. The molecule has 0 unspecified atom stereocenters. The van der Waals surface area contributed by atoms with Gasteiger partial charge in [-0.3, -0.25) is 0 Å². The second-order valence-corrected chi connectivity index (χ2v) is 6.37. The van der Waals surface area contributed by atoms with Crippen molar-refractivity contribution in [2.24, 2.45) is 5.73 Å². The van der Waals surface area contributed by atoms with Crippen molar-refractivity contribution in [2.45, 2.75) is 32.7 Å². The maximum atomic E-state index is 6.04. The van der Waals surface area contributed by atoms with E-state index in [1.807, 2.05) is 44.3 Å². The van der Waals surface area contributed by atoms with Crippen LogP contribution in [0.5, 0.6) is 5.75 Å². The van der Waals surface area contributed by atoms with Crippen molar-refractivity contribution >= 4 is 11.3 Å². The van der Waals surface area contributed by atoms with E-state index < -0.39 is 0 Å². The first-order valence-electron chi connectivity index (χ1n) is 6.39. The molecule has 0 saturated carbocycles. The molecule has 4 heteroatoms. The number of hydrogen-bond donors (Lipinski definition) is 1. The number of aryl methyl sites for hydroxylation is 1. The lowest BCUT2D eigenvalue weighted by Crippen LogP contribution is -2.27. The van der Waals surface area contributed by atoms with E-state index in [1.165, 1.54) is 5.56 Å². The van der Waals surface area contributed by atoms with Gasteiger partial charge in [-0.05, 0) is 32.9 Å². The molecule has 2 rings (SSSR count). The van der Waals surface area contributed by atoms with Crippen LogP contribution in [0.3, 0.4) is 0 Å². The number of thiazole rings is 1. The zero-order valence-corrected chi connectivity index (χ0v) is 12.5. The van der Waals surface area contributed by atoms with Gasteiger partial charge >= 0.3 is 0 Å². The van der Waals surface area contributed by atoms with Crippen molar-refractivity contribution in [3.8, 4) is 5.75 Å². The van der Waals surface area contributed by atoms with E-state index in [9.17, 15) is 0 Å². The first-order chi connectivity index (χ1) is 8.95. The summed E-state index contributed by atoms with van der Waals surface area (Å²) < 4.78 is 5.70. The van der Waals surface area contributed by atoms with Crippen LogP contribution >= 0.6 is 11.3 Å². The third-order valence-electron chi connectivity index (χ3n) is 2.79. The zero-order chi connectivity index (χ0) is 13.9. The predicted molar refractivity (Wildman–Crippen MR) is 79.7 cm³/mol. The second kappa shape index (κ2) is 5.72. The maximum Gasteiger partial charge on any atom is 0.119 e. The average molecular weight is 276 g/mol. The molecule has 0 saturated heterocycles. The number of hydrogen-bond acceptors (Lipinski definition) is 4. The SMILES string of the molecule is Cc1ccc(OCCc2ncc(C(C)(C)N)s2)cc1. The first-order valence-corrected chi connectivity index (χ1v) is 7.20. The van der Waals surface area contributed by atoms with Crippen molar-refractivity contribution in [3.05, 3.63) is 45.9 Å². The lowest BCUT2D eigenvalue weighted by atomic mass is 10.1. The molecule has 0 aliphatic carbocycles. The van der Waals surface area contributed by atoms with Crippen LogP contribution in [-0.2, 0) is 12.0 Å². The molecule has 0 atom stereocenters. The summed E-state index contributed by atoms with van der Waals surface area (Å²) in [5, 5.41) is 1.07. The Kier molecular flexibility index (Phi) is 4.22. The van der Waals surface area contributed by atoms with E-state index in [0.29, 0.717) is 6.61 Å². The van der Waals surface area contributed by atoms with Crippen LogP contribution in [0.4, 0.5) is 0 Å². The van der Waals surface area contributed by atoms with E-state index in [4.69, 9.17) is 10.5 Å². The zero-order valence-electron chi connectivity index (χ0n) is 11.6. The minimum absolute atomic E-state index is 0.312. The molecule has 3 nitrogen and oxygen atoms in total. The van der Waals surface area contributed by atoms with Crippen LogP contribution in [0, 0.1) is 6.92 Å². The van der Waals surface area contributed by atoms with Crippen LogP contribution in [0.2, 0.25) is 0 Å². The summed E-state index contributed by atoms with van der Waals surface area (Å²) in [5.74, 6) is 0.904. The molecule has 0 fully saturated rings. The monoisotopic (exact) mass is 276 g/mol. The molecular formula is C15H20N2OS. The quantitative estimate of drug-likeness (QED) is 0.911. The number of benzene rings is 1. The Labute approximate surface area is 118 Å². The highest BCUT2D eigenvalue weighted by atomic mass is 32.1. The molecule has 2 N–H and O–H groups in total. The standard InChI is InChI=1S/C15H20N2OS/c1-11-4-6-12(7-5-11)18-9-8-14-17-10-13(19-14)15(2,3)16/h4-7,10H,8-9,16H2,1-3H3. The average Bonchev–Trinajstić information content (AvgIpc) is 2.80. The van der Waals surface area contributed by atoms with Crippen LogP contribution < -0.4 is 10.5 Å². The van der Waals surface area contributed by atoms with Gasteiger partial charge in [-0.25, -0.2) is 4.98 Å². The maximum absolute atomic E-state index is 6.04. The fourth-order valence-electron chi connectivity index (χ4n) is 1.61. The van der Waals surface area contributed by atoms with Gasteiger partial charge in [-0.15, -0.1) is 11.3 Å². The highest BCUT2D eigenvalue weighted by molar-refractivity contribution is 7.11. The van der Waals surface area contributed by atoms with E-state index in [2.05, 4.69) is 11.9 Å². The van der Waals surface area contributed by atoms with Gasteiger partial charge in [-0.1, -0.05) is 17.7 Å². The number of nitrogens with two attached hydrogens (primary N) is 1. The van der Waals surface area contributed by atoms with Gasteiger partial charge in [0.15, 0.2) is 0 Å². The number of rotatable bonds is 5. The molecule has 1 aromatic heterocycles.